The maximum atomic E-state index is 13.7. The van der Waals surface area contributed by atoms with Crippen molar-refractivity contribution in [2.24, 2.45) is 0 Å². The molecule has 1 amide bonds. The van der Waals surface area contributed by atoms with Crippen LogP contribution in [0.1, 0.15) is 48.2 Å². The van der Waals surface area contributed by atoms with Crippen LogP contribution in [0, 0.1) is 6.92 Å². The Hall–Kier alpha value is -3.36. The van der Waals surface area contributed by atoms with Crippen LogP contribution < -0.4 is 5.32 Å². The quantitative estimate of drug-likeness (QED) is 0.437. The number of aryl methyl sites for hydroxylation is 1. The van der Waals surface area contributed by atoms with Crippen LogP contribution in [-0.4, -0.2) is 39.9 Å². The molecule has 176 valence electrons. The average molecular weight is 461 g/mol. The Morgan fingerprint density at radius 3 is 2.55 bits per heavy atom. The minimum absolute atomic E-state index is 0.150. The summed E-state index contributed by atoms with van der Waals surface area (Å²) in [6, 6.07) is 7.63. The number of hydrogen-bond donors (Lipinski definition) is 1. The molecule has 0 radical (unpaired) electrons. The Kier molecular flexibility index (Phi) is 7.73. The van der Waals surface area contributed by atoms with E-state index in [4.69, 9.17) is 4.42 Å². The fourth-order valence-corrected chi connectivity index (χ4v) is 3.59. The van der Waals surface area contributed by atoms with Gasteiger partial charge in [-0.3, -0.25) is 4.79 Å². The number of anilines is 1. The van der Waals surface area contributed by atoms with Crippen LogP contribution in [0.3, 0.4) is 0 Å². The van der Waals surface area contributed by atoms with Gasteiger partial charge in [-0.1, -0.05) is 25.5 Å². The predicted molar refractivity (Wildman–Crippen MR) is 120 cm³/mol. The summed E-state index contributed by atoms with van der Waals surface area (Å²) in [5, 5.41) is 3.07. The van der Waals surface area contributed by atoms with E-state index in [0.717, 1.165) is 24.2 Å². The molecule has 3 rings (SSSR count). The van der Waals surface area contributed by atoms with Crippen LogP contribution in [0.2, 0.25) is 0 Å². The van der Waals surface area contributed by atoms with E-state index in [1.807, 2.05) is 39.0 Å². The molecule has 0 aliphatic rings. The molecule has 3 aromatic rings. The highest BCUT2D eigenvalue weighted by atomic mass is 19.4. The summed E-state index contributed by atoms with van der Waals surface area (Å²) in [4.78, 5) is 23.5. The van der Waals surface area contributed by atoms with E-state index in [1.165, 1.54) is 18.5 Å². The number of alkyl halides is 3. The van der Waals surface area contributed by atoms with Crippen LogP contribution in [0.15, 0.2) is 53.4 Å². The highest BCUT2D eigenvalue weighted by molar-refractivity contribution is 6.00. The summed E-state index contributed by atoms with van der Waals surface area (Å²) < 4.78 is 43.8. The van der Waals surface area contributed by atoms with Crippen LogP contribution in [0.25, 0.3) is 11.5 Å². The SMILES string of the molecule is CCCN(C(=O)c1cc(C)ccc1-c1ncco1)C(CC)CNc1ccc(C(F)(F)F)cn1. The van der Waals surface area contributed by atoms with Gasteiger partial charge in [-0.25, -0.2) is 9.97 Å². The number of pyridine rings is 1. The van der Waals surface area contributed by atoms with Crippen LogP contribution >= 0.6 is 0 Å². The second-order valence-electron chi connectivity index (χ2n) is 7.76. The van der Waals surface area contributed by atoms with Crippen molar-refractivity contribution in [1.82, 2.24) is 14.9 Å². The molecular weight excluding hydrogens is 433 g/mol. The summed E-state index contributed by atoms with van der Waals surface area (Å²) >= 11 is 0. The molecule has 0 aliphatic carbocycles. The second-order valence-corrected chi connectivity index (χ2v) is 7.76. The Morgan fingerprint density at radius 1 is 1.18 bits per heavy atom. The third kappa shape index (κ3) is 5.91. The lowest BCUT2D eigenvalue weighted by Crippen LogP contribution is -2.44. The summed E-state index contributed by atoms with van der Waals surface area (Å²) in [7, 11) is 0. The lowest BCUT2D eigenvalue weighted by atomic mass is 10.0. The fourth-order valence-electron chi connectivity index (χ4n) is 3.59. The van der Waals surface area contributed by atoms with E-state index in [1.54, 1.807) is 4.90 Å². The first-order valence-corrected chi connectivity index (χ1v) is 10.8. The molecule has 1 N–H and O–H groups in total. The summed E-state index contributed by atoms with van der Waals surface area (Å²) in [6.07, 6.45) is 0.760. The lowest BCUT2D eigenvalue weighted by Gasteiger charge is -2.32. The minimum Gasteiger partial charge on any atom is -0.445 e. The van der Waals surface area contributed by atoms with Crippen molar-refractivity contribution >= 4 is 11.7 Å². The summed E-state index contributed by atoms with van der Waals surface area (Å²) in [6.45, 7) is 6.74. The first-order valence-electron chi connectivity index (χ1n) is 10.8. The molecule has 0 saturated heterocycles. The molecule has 1 aromatic carbocycles. The van der Waals surface area contributed by atoms with Crippen molar-refractivity contribution in [3.05, 3.63) is 65.7 Å². The zero-order valence-corrected chi connectivity index (χ0v) is 18.8. The topological polar surface area (TPSA) is 71.3 Å². The van der Waals surface area contributed by atoms with Gasteiger partial charge in [0.2, 0.25) is 5.89 Å². The van der Waals surface area contributed by atoms with Crippen LogP contribution in [-0.2, 0) is 6.18 Å². The van der Waals surface area contributed by atoms with Crippen molar-refractivity contribution in [2.75, 3.05) is 18.4 Å². The third-order valence-corrected chi connectivity index (χ3v) is 5.32. The van der Waals surface area contributed by atoms with Gasteiger partial charge in [-0.15, -0.1) is 0 Å². The molecule has 9 heteroatoms. The molecule has 1 unspecified atom stereocenters. The van der Waals surface area contributed by atoms with Crippen molar-refractivity contribution in [3.63, 3.8) is 0 Å². The number of oxazole rings is 1. The van der Waals surface area contributed by atoms with E-state index >= 15 is 0 Å². The van der Waals surface area contributed by atoms with E-state index in [2.05, 4.69) is 15.3 Å². The minimum atomic E-state index is -4.43. The number of halogens is 3. The number of benzene rings is 1. The molecule has 0 bridgehead atoms. The number of amides is 1. The first kappa shape index (κ1) is 24.3. The zero-order chi connectivity index (χ0) is 24.0. The largest absolute Gasteiger partial charge is 0.445 e. The highest BCUT2D eigenvalue weighted by Gasteiger charge is 2.31. The number of nitrogens with one attached hydrogen (secondary N) is 1. The molecule has 0 fully saturated rings. The smallest absolute Gasteiger partial charge is 0.417 e. The highest BCUT2D eigenvalue weighted by Crippen LogP contribution is 2.29. The van der Waals surface area contributed by atoms with Gasteiger partial charge in [-0.2, -0.15) is 13.2 Å². The maximum Gasteiger partial charge on any atom is 0.417 e. The van der Waals surface area contributed by atoms with Crippen molar-refractivity contribution in [1.29, 1.82) is 0 Å². The molecule has 1 atom stereocenters. The summed E-state index contributed by atoms with van der Waals surface area (Å²) in [5.74, 6) is 0.541. The normalized spacial score (nSPS) is 12.4. The average Bonchev–Trinajstić information content (AvgIpc) is 3.32. The number of carbonyl (C=O) groups excluding carboxylic acids is 1. The molecule has 0 spiro atoms. The first-order chi connectivity index (χ1) is 15.7. The number of nitrogens with zero attached hydrogens (tertiary/aromatic N) is 3. The fraction of sp³-hybridized carbons (Fsp3) is 0.375. The second kappa shape index (κ2) is 10.5. The summed E-state index contributed by atoms with van der Waals surface area (Å²) in [5.41, 5.74) is 1.24. The molecule has 0 saturated carbocycles. The van der Waals surface area contributed by atoms with Gasteiger partial charge in [0.1, 0.15) is 12.1 Å². The molecule has 6 nitrogen and oxygen atoms in total. The molecule has 2 heterocycles. The van der Waals surface area contributed by atoms with Gasteiger partial charge in [-0.05, 0) is 44.0 Å². The molecule has 33 heavy (non-hydrogen) atoms. The Labute approximate surface area is 190 Å². The Morgan fingerprint density at radius 2 is 1.97 bits per heavy atom. The van der Waals surface area contributed by atoms with Crippen LogP contribution in [0.5, 0.6) is 0 Å². The zero-order valence-electron chi connectivity index (χ0n) is 18.8. The van der Waals surface area contributed by atoms with E-state index in [0.29, 0.717) is 42.3 Å². The van der Waals surface area contributed by atoms with Gasteiger partial charge >= 0.3 is 6.18 Å². The monoisotopic (exact) mass is 460 g/mol. The number of carbonyl (C=O) groups is 1. The van der Waals surface area contributed by atoms with E-state index in [9.17, 15) is 18.0 Å². The Bertz CT molecular complexity index is 1050. The third-order valence-electron chi connectivity index (χ3n) is 5.32. The van der Waals surface area contributed by atoms with E-state index in [-0.39, 0.29) is 11.9 Å². The molecule has 2 aromatic heterocycles. The van der Waals surface area contributed by atoms with Crippen molar-refractivity contribution < 1.29 is 22.4 Å². The van der Waals surface area contributed by atoms with Crippen LogP contribution in [0.4, 0.5) is 19.0 Å². The molecular formula is C24H27F3N4O2. The molecule has 0 aliphatic heterocycles. The predicted octanol–water partition coefficient (Wildman–Crippen LogP) is 5.81. The van der Waals surface area contributed by atoms with Gasteiger partial charge in [0.25, 0.3) is 5.91 Å². The number of aromatic nitrogens is 2. The lowest BCUT2D eigenvalue weighted by molar-refractivity contribution is -0.137. The van der Waals surface area contributed by atoms with Gasteiger partial charge < -0.3 is 14.6 Å². The van der Waals surface area contributed by atoms with Gasteiger partial charge in [0, 0.05) is 30.9 Å². The maximum absolute atomic E-state index is 13.7. The van der Waals surface area contributed by atoms with E-state index < -0.39 is 11.7 Å². The number of hydrogen-bond acceptors (Lipinski definition) is 5. The van der Waals surface area contributed by atoms with Crippen molar-refractivity contribution in [2.45, 2.75) is 45.8 Å². The Balaban J connectivity index is 1.82. The standard InChI is InChI=1S/C24H27F3N4O2/c1-4-11-31(18(5-2)15-30-21-9-7-17(14-29-21)24(25,26)27)23(32)20-13-16(3)6-8-19(20)22-28-10-12-33-22/h6-10,12-14,18H,4-5,11,15H2,1-3H3,(H,29,30). The van der Waals surface area contributed by atoms with Gasteiger partial charge in [0.05, 0.1) is 17.3 Å². The number of rotatable bonds is 9. The van der Waals surface area contributed by atoms with Gasteiger partial charge in [0.15, 0.2) is 0 Å². The van der Waals surface area contributed by atoms with Crippen molar-refractivity contribution in [3.8, 4) is 11.5 Å².